The molecule has 0 saturated heterocycles. The third kappa shape index (κ3) is 2.85. The van der Waals surface area contributed by atoms with E-state index in [1.54, 1.807) is 6.07 Å². The van der Waals surface area contributed by atoms with E-state index in [0.29, 0.717) is 0 Å². The number of benzene rings is 1. The van der Waals surface area contributed by atoms with Crippen LogP contribution in [0.5, 0.6) is 0 Å². The molecule has 0 unspecified atom stereocenters. The van der Waals surface area contributed by atoms with Gasteiger partial charge in [0.15, 0.2) is 0 Å². The maximum Gasteiger partial charge on any atom is 0.248 e. The quantitative estimate of drug-likeness (QED) is 0.849. The molecule has 0 aliphatic rings. The minimum absolute atomic E-state index is 0.0336. The third-order valence-electron chi connectivity index (χ3n) is 2.83. The number of rotatable bonds is 4. The molecule has 1 heterocycles. The molecule has 1 aromatic carbocycles. The Morgan fingerprint density at radius 1 is 1.06 bits per heavy atom. The SMILES string of the molecule is CCSc1ccc(-c2ccc(=O)[nH]c2CC)cc1. The first-order valence-corrected chi connectivity index (χ1v) is 7.18. The molecule has 0 radical (unpaired) electrons. The number of aromatic amines is 1. The number of thioether (sulfide) groups is 1. The summed E-state index contributed by atoms with van der Waals surface area (Å²) in [6, 6.07) is 12.0. The highest BCUT2D eigenvalue weighted by Crippen LogP contribution is 2.25. The molecule has 0 atom stereocenters. The van der Waals surface area contributed by atoms with Gasteiger partial charge < -0.3 is 4.98 Å². The van der Waals surface area contributed by atoms with Crippen LogP contribution in [-0.4, -0.2) is 10.7 Å². The maximum atomic E-state index is 11.3. The van der Waals surface area contributed by atoms with E-state index >= 15 is 0 Å². The first-order valence-electron chi connectivity index (χ1n) is 6.20. The number of aromatic nitrogens is 1. The average molecular weight is 259 g/mol. The van der Waals surface area contributed by atoms with E-state index in [0.717, 1.165) is 29.0 Å². The lowest BCUT2D eigenvalue weighted by Crippen LogP contribution is -2.07. The van der Waals surface area contributed by atoms with Crippen molar-refractivity contribution in [3.05, 3.63) is 52.4 Å². The van der Waals surface area contributed by atoms with Crippen molar-refractivity contribution < 1.29 is 0 Å². The molecule has 1 aromatic heterocycles. The van der Waals surface area contributed by atoms with Crippen LogP contribution in [0.4, 0.5) is 0 Å². The van der Waals surface area contributed by atoms with Gasteiger partial charge in [-0.05, 0) is 35.9 Å². The molecule has 0 fully saturated rings. The molecule has 18 heavy (non-hydrogen) atoms. The molecule has 2 aromatic rings. The standard InChI is InChI=1S/C15H17NOS/c1-3-14-13(9-10-15(17)16-14)11-5-7-12(8-6-11)18-4-2/h5-10H,3-4H2,1-2H3,(H,16,17). The van der Waals surface area contributed by atoms with Crippen molar-refractivity contribution in [3.63, 3.8) is 0 Å². The Labute approximate surface area is 111 Å². The van der Waals surface area contributed by atoms with Crippen LogP contribution in [0.2, 0.25) is 0 Å². The van der Waals surface area contributed by atoms with Crippen LogP contribution in [0.25, 0.3) is 11.1 Å². The van der Waals surface area contributed by atoms with E-state index in [-0.39, 0.29) is 5.56 Å². The summed E-state index contributed by atoms with van der Waals surface area (Å²) in [5.74, 6) is 1.08. The minimum Gasteiger partial charge on any atom is -0.326 e. The van der Waals surface area contributed by atoms with Gasteiger partial charge in [-0.3, -0.25) is 4.79 Å². The van der Waals surface area contributed by atoms with E-state index in [4.69, 9.17) is 0 Å². The largest absolute Gasteiger partial charge is 0.326 e. The Morgan fingerprint density at radius 3 is 2.39 bits per heavy atom. The summed E-state index contributed by atoms with van der Waals surface area (Å²) >= 11 is 1.83. The first kappa shape index (κ1) is 13.0. The van der Waals surface area contributed by atoms with Gasteiger partial charge in [0.05, 0.1) is 0 Å². The highest BCUT2D eigenvalue weighted by molar-refractivity contribution is 7.99. The normalized spacial score (nSPS) is 10.6. The molecule has 94 valence electrons. The van der Waals surface area contributed by atoms with Crippen LogP contribution in [0.15, 0.2) is 46.1 Å². The van der Waals surface area contributed by atoms with E-state index in [9.17, 15) is 4.79 Å². The van der Waals surface area contributed by atoms with E-state index in [1.807, 2.05) is 17.8 Å². The second kappa shape index (κ2) is 5.91. The van der Waals surface area contributed by atoms with E-state index in [2.05, 4.69) is 43.1 Å². The van der Waals surface area contributed by atoms with Crippen LogP contribution in [0, 0.1) is 0 Å². The maximum absolute atomic E-state index is 11.3. The van der Waals surface area contributed by atoms with Crippen molar-refractivity contribution in [3.8, 4) is 11.1 Å². The van der Waals surface area contributed by atoms with Gasteiger partial charge in [-0.1, -0.05) is 26.0 Å². The van der Waals surface area contributed by atoms with Gasteiger partial charge in [0.25, 0.3) is 0 Å². The Bertz CT molecular complexity index is 572. The predicted molar refractivity (Wildman–Crippen MR) is 78.3 cm³/mol. The Morgan fingerprint density at radius 2 is 1.78 bits per heavy atom. The zero-order valence-electron chi connectivity index (χ0n) is 10.7. The zero-order valence-corrected chi connectivity index (χ0v) is 11.5. The molecule has 0 aliphatic heterocycles. The van der Waals surface area contributed by atoms with Crippen LogP contribution >= 0.6 is 11.8 Å². The Balaban J connectivity index is 2.39. The summed E-state index contributed by atoms with van der Waals surface area (Å²) in [6.45, 7) is 4.20. The number of hydrogen-bond acceptors (Lipinski definition) is 2. The van der Waals surface area contributed by atoms with Crippen LogP contribution in [0.1, 0.15) is 19.5 Å². The summed E-state index contributed by atoms with van der Waals surface area (Å²) in [5.41, 5.74) is 3.24. The summed E-state index contributed by atoms with van der Waals surface area (Å²) in [5, 5.41) is 0. The molecule has 3 heteroatoms. The van der Waals surface area contributed by atoms with Crippen LogP contribution in [-0.2, 0) is 6.42 Å². The van der Waals surface area contributed by atoms with Crippen LogP contribution in [0.3, 0.4) is 0 Å². The number of hydrogen-bond donors (Lipinski definition) is 1. The fourth-order valence-electron chi connectivity index (χ4n) is 1.96. The fourth-order valence-corrected chi connectivity index (χ4v) is 2.63. The Hall–Kier alpha value is -1.48. The monoisotopic (exact) mass is 259 g/mol. The number of pyridine rings is 1. The molecule has 2 nitrogen and oxygen atoms in total. The lowest BCUT2D eigenvalue weighted by Gasteiger charge is -2.08. The molecule has 0 spiro atoms. The van der Waals surface area contributed by atoms with E-state index < -0.39 is 0 Å². The van der Waals surface area contributed by atoms with Gasteiger partial charge in [0.1, 0.15) is 0 Å². The molecule has 0 saturated carbocycles. The fraction of sp³-hybridized carbons (Fsp3) is 0.267. The molecular formula is C15H17NOS. The molecule has 0 aliphatic carbocycles. The van der Waals surface area contributed by atoms with Gasteiger partial charge in [-0.25, -0.2) is 0 Å². The van der Waals surface area contributed by atoms with Crippen molar-refractivity contribution in [1.29, 1.82) is 0 Å². The van der Waals surface area contributed by atoms with Gasteiger partial charge >= 0.3 is 0 Å². The summed E-state index contributed by atoms with van der Waals surface area (Å²) < 4.78 is 0. The summed E-state index contributed by atoms with van der Waals surface area (Å²) in [6.07, 6.45) is 0.830. The van der Waals surface area contributed by atoms with Crippen molar-refractivity contribution in [2.75, 3.05) is 5.75 Å². The molecular weight excluding hydrogens is 242 g/mol. The minimum atomic E-state index is -0.0336. The van der Waals surface area contributed by atoms with Crippen molar-refractivity contribution >= 4 is 11.8 Å². The van der Waals surface area contributed by atoms with Gasteiger partial charge in [0.2, 0.25) is 5.56 Å². The molecule has 0 amide bonds. The van der Waals surface area contributed by atoms with Crippen molar-refractivity contribution in [1.82, 2.24) is 4.98 Å². The Kier molecular flexibility index (Phi) is 4.26. The van der Waals surface area contributed by atoms with Gasteiger partial charge in [-0.2, -0.15) is 0 Å². The first-order chi connectivity index (χ1) is 8.74. The third-order valence-corrected chi connectivity index (χ3v) is 3.72. The topological polar surface area (TPSA) is 32.9 Å². The highest BCUT2D eigenvalue weighted by Gasteiger charge is 2.04. The number of nitrogens with one attached hydrogen (secondary N) is 1. The lowest BCUT2D eigenvalue weighted by molar-refractivity contribution is 1.02. The smallest absolute Gasteiger partial charge is 0.248 e. The molecule has 2 rings (SSSR count). The van der Waals surface area contributed by atoms with Gasteiger partial charge in [-0.15, -0.1) is 11.8 Å². The van der Waals surface area contributed by atoms with E-state index in [1.165, 1.54) is 4.90 Å². The lowest BCUT2D eigenvalue weighted by atomic mass is 10.0. The summed E-state index contributed by atoms with van der Waals surface area (Å²) in [7, 11) is 0. The molecule has 0 bridgehead atoms. The molecule has 1 N–H and O–H groups in total. The second-order valence-electron chi connectivity index (χ2n) is 4.03. The van der Waals surface area contributed by atoms with Gasteiger partial charge in [0, 0.05) is 22.2 Å². The summed E-state index contributed by atoms with van der Waals surface area (Å²) in [4.78, 5) is 15.5. The second-order valence-corrected chi connectivity index (χ2v) is 5.36. The predicted octanol–water partition coefficient (Wildman–Crippen LogP) is 3.72. The number of aryl methyl sites for hydroxylation is 1. The highest BCUT2D eigenvalue weighted by atomic mass is 32.2. The average Bonchev–Trinajstić information content (AvgIpc) is 2.40. The van der Waals surface area contributed by atoms with Crippen molar-refractivity contribution in [2.45, 2.75) is 25.2 Å². The van der Waals surface area contributed by atoms with Crippen molar-refractivity contribution in [2.24, 2.45) is 0 Å². The number of H-pyrrole nitrogens is 1. The zero-order chi connectivity index (χ0) is 13.0. The van der Waals surface area contributed by atoms with Crippen LogP contribution < -0.4 is 5.56 Å².